The first-order chi connectivity index (χ1) is 7.84. The van der Waals surface area contributed by atoms with Crippen LogP contribution in [0, 0.1) is 0 Å². The molecule has 0 aliphatic carbocycles. The van der Waals surface area contributed by atoms with Crippen molar-refractivity contribution in [3.8, 4) is 11.5 Å². The summed E-state index contributed by atoms with van der Waals surface area (Å²) in [4.78, 5) is 0. The third-order valence-electron chi connectivity index (χ3n) is 1.85. The molecule has 4 heteroatoms. The van der Waals surface area contributed by atoms with Crippen molar-refractivity contribution in [2.75, 3.05) is 0 Å². The maximum atomic E-state index is 11.6. The second kappa shape index (κ2) is 5.66. The fourth-order valence-corrected chi connectivity index (χ4v) is 2.94. The van der Waals surface area contributed by atoms with Gasteiger partial charge in [-0.3, -0.25) is 0 Å². The topological polar surface area (TPSA) is 35.5 Å². The molecule has 0 aliphatic heterocycles. The Kier molecular flexibility index (Phi) is 3.95. The van der Waals surface area contributed by atoms with E-state index in [0.29, 0.717) is 11.5 Å². The van der Waals surface area contributed by atoms with Crippen LogP contribution in [0.25, 0.3) is 0 Å². The molecule has 0 amide bonds. The molecule has 0 saturated heterocycles. The van der Waals surface area contributed by atoms with Gasteiger partial charge in [0.05, 0.1) is 0 Å². The molecule has 2 aromatic rings. The van der Waals surface area contributed by atoms with E-state index >= 15 is 0 Å². The Hall–Kier alpha value is -1.34. The first-order valence-corrected chi connectivity index (χ1v) is 7.90. The van der Waals surface area contributed by atoms with E-state index in [9.17, 15) is 3.02 Å². The molecule has 2 aromatic carbocycles. The molecule has 0 bridgehead atoms. The van der Waals surface area contributed by atoms with Crippen LogP contribution in [0.3, 0.4) is 0 Å². The molecule has 0 aromatic heterocycles. The first kappa shape index (κ1) is 11.2. The molecule has 0 atom stereocenters. The summed E-state index contributed by atoms with van der Waals surface area (Å²) in [5.41, 5.74) is 0. The fraction of sp³-hybridized carbons (Fsp3) is 0. The molecule has 0 heterocycles. The Morgan fingerprint density at radius 1 is 0.688 bits per heavy atom. The zero-order valence-electron chi connectivity index (χ0n) is 8.45. The summed E-state index contributed by atoms with van der Waals surface area (Å²) in [5, 5.41) is 0. The van der Waals surface area contributed by atoms with Gasteiger partial charge in [0.1, 0.15) is 0 Å². The van der Waals surface area contributed by atoms with Crippen molar-refractivity contribution < 1.29 is 9.05 Å². The van der Waals surface area contributed by atoms with Crippen LogP contribution in [0.1, 0.15) is 0 Å². The second-order valence-corrected chi connectivity index (χ2v) is 5.35. The molecule has 0 saturated carbocycles. The summed E-state index contributed by atoms with van der Waals surface area (Å²) < 4.78 is 22.1. The Morgan fingerprint density at radius 3 is 1.44 bits per heavy atom. The van der Waals surface area contributed by atoms with E-state index in [2.05, 4.69) is 0 Å². The van der Waals surface area contributed by atoms with E-state index in [0.717, 1.165) is 0 Å². The van der Waals surface area contributed by atoms with Gasteiger partial charge in [-0.2, -0.15) is 0 Å². The summed E-state index contributed by atoms with van der Waals surface area (Å²) >= 11 is -3.34. The van der Waals surface area contributed by atoms with Crippen LogP contribution in [-0.4, -0.2) is 21.0 Å². The minimum absolute atomic E-state index is 0.580. The average molecular weight is 324 g/mol. The van der Waals surface area contributed by atoms with Gasteiger partial charge in [0.25, 0.3) is 0 Å². The van der Waals surface area contributed by atoms with Crippen molar-refractivity contribution in [2.24, 2.45) is 0 Å². The third-order valence-corrected chi connectivity index (χ3v) is 3.90. The van der Waals surface area contributed by atoms with Crippen molar-refractivity contribution in [3.63, 3.8) is 0 Å². The predicted molar refractivity (Wildman–Crippen MR) is 60.6 cm³/mol. The zero-order chi connectivity index (χ0) is 11.2. The van der Waals surface area contributed by atoms with Gasteiger partial charge >= 0.3 is 102 Å². The monoisotopic (exact) mass is 323 g/mol. The molecular formula is C12H10O3Sb. The van der Waals surface area contributed by atoms with Crippen molar-refractivity contribution in [2.45, 2.75) is 0 Å². The van der Waals surface area contributed by atoms with Gasteiger partial charge in [-0.25, -0.2) is 0 Å². The van der Waals surface area contributed by atoms with Crippen LogP contribution in [0.5, 0.6) is 11.5 Å². The van der Waals surface area contributed by atoms with Crippen molar-refractivity contribution >= 4 is 21.0 Å². The molecule has 0 spiro atoms. The van der Waals surface area contributed by atoms with Gasteiger partial charge in [0, 0.05) is 0 Å². The van der Waals surface area contributed by atoms with Gasteiger partial charge in [0.2, 0.25) is 0 Å². The van der Waals surface area contributed by atoms with Crippen LogP contribution in [0.4, 0.5) is 0 Å². The average Bonchev–Trinajstić information content (AvgIpc) is 2.31. The molecule has 1 radical (unpaired) electrons. The van der Waals surface area contributed by atoms with Gasteiger partial charge in [-0.15, -0.1) is 0 Å². The standard InChI is InChI=1S/2C6H6O.O.Sb/c2*7-6-4-2-1-3-5-6;;/h2*1-5,7H;;/q;;;+2/p-2. The summed E-state index contributed by atoms with van der Waals surface area (Å²) in [5.74, 6) is 1.16. The van der Waals surface area contributed by atoms with Crippen LogP contribution >= 0.6 is 0 Å². The number of rotatable bonds is 4. The normalized spacial score (nSPS) is 9.50. The van der Waals surface area contributed by atoms with E-state index < -0.39 is 21.0 Å². The first-order valence-electron chi connectivity index (χ1n) is 4.78. The van der Waals surface area contributed by atoms with Gasteiger partial charge < -0.3 is 0 Å². The van der Waals surface area contributed by atoms with Crippen molar-refractivity contribution in [1.82, 2.24) is 0 Å². The number of para-hydroxylation sites is 2. The summed E-state index contributed by atoms with van der Waals surface area (Å²) in [6.07, 6.45) is 0. The minimum atomic E-state index is -3.34. The van der Waals surface area contributed by atoms with Crippen LogP contribution < -0.4 is 6.03 Å². The molecule has 3 nitrogen and oxygen atoms in total. The quantitative estimate of drug-likeness (QED) is 0.811. The van der Waals surface area contributed by atoms with Crippen LogP contribution in [-0.2, 0) is 3.02 Å². The van der Waals surface area contributed by atoms with Gasteiger partial charge in [-0.1, -0.05) is 0 Å². The predicted octanol–water partition coefficient (Wildman–Crippen LogP) is 2.56. The summed E-state index contributed by atoms with van der Waals surface area (Å²) in [7, 11) is 0. The molecule has 0 N–H and O–H groups in total. The number of hydrogen-bond donors (Lipinski definition) is 0. The van der Waals surface area contributed by atoms with E-state index in [-0.39, 0.29) is 0 Å². The van der Waals surface area contributed by atoms with Crippen LogP contribution in [0.15, 0.2) is 60.7 Å². The SMILES string of the molecule is [O]=[Sb]([O]c1ccccc1)[O]c1ccccc1. The maximum absolute atomic E-state index is 11.6. The van der Waals surface area contributed by atoms with E-state index in [1.807, 2.05) is 36.4 Å². The third kappa shape index (κ3) is 3.35. The Balaban J connectivity index is 1.95. The van der Waals surface area contributed by atoms with Gasteiger partial charge in [-0.05, 0) is 0 Å². The molecule has 16 heavy (non-hydrogen) atoms. The fourth-order valence-electron chi connectivity index (χ4n) is 1.15. The zero-order valence-corrected chi connectivity index (χ0v) is 11.0. The summed E-state index contributed by atoms with van der Waals surface area (Å²) in [6, 6.07) is 18.1. The van der Waals surface area contributed by atoms with Crippen molar-refractivity contribution in [1.29, 1.82) is 0 Å². The van der Waals surface area contributed by atoms with Gasteiger partial charge in [0.15, 0.2) is 0 Å². The summed E-state index contributed by atoms with van der Waals surface area (Å²) in [6.45, 7) is 0. The molecule has 0 fully saturated rings. The molecule has 2 rings (SSSR count). The molecule has 0 aliphatic rings. The molecule has 0 unspecified atom stereocenters. The van der Waals surface area contributed by atoms with E-state index in [4.69, 9.17) is 6.03 Å². The Labute approximate surface area is 102 Å². The number of benzene rings is 2. The van der Waals surface area contributed by atoms with E-state index in [1.54, 1.807) is 24.3 Å². The Bertz CT molecular complexity index is 413. The second-order valence-electron chi connectivity index (χ2n) is 3.03. The Morgan fingerprint density at radius 2 is 1.06 bits per heavy atom. The number of hydrogen-bond acceptors (Lipinski definition) is 3. The van der Waals surface area contributed by atoms with Crippen LogP contribution in [0.2, 0.25) is 0 Å². The molecular weight excluding hydrogens is 314 g/mol. The van der Waals surface area contributed by atoms with E-state index in [1.165, 1.54) is 0 Å². The molecule has 81 valence electrons. The van der Waals surface area contributed by atoms with Crippen molar-refractivity contribution in [3.05, 3.63) is 60.7 Å².